The summed E-state index contributed by atoms with van der Waals surface area (Å²) in [6.07, 6.45) is 0.288. The molecule has 3 N–H and O–H groups in total. The maximum atomic E-state index is 10.8. The lowest BCUT2D eigenvalue weighted by molar-refractivity contribution is -0.138. The third-order valence-electron chi connectivity index (χ3n) is 4.00. The summed E-state index contributed by atoms with van der Waals surface area (Å²) >= 11 is 0. The maximum absolute atomic E-state index is 10.8. The Balaban J connectivity index is 1.50. The van der Waals surface area contributed by atoms with Gasteiger partial charge in [-0.05, 0) is 36.2 Å². The van der Waals surface area contributed by atoms with Gasteiger partial charge in [0.1, 0.15) is 23.9 Å². The Hall–Kier alpha value is -3.06. The van der Waals surface area contributed by atoms with Crippen LogP contribution in [0.15, 0.2) is 52.9 Å². The van der Waals surface area contributed by atoms with E-state index in [9.17, 15) is 4.79 Å². The van der Waals surface area contributed by atoms with Crippen LogP contribution < -0.4 is 15.4 Å². The molecule has 0 aliphatic carbocycles. The second kappa shape index (κ2) is 7.88. The van der Waals surface area contributed by atoms with Gasteiger partial charge in [-0.3, -0.25) is 4.79 Å². The van der Waals surface area contributed by atoms with Crippen molar-refractivity contribution >= 4 is 23.1 Å². The fraction of sp³-hybridized carbons (Fsp3) is 0.263. The number of hydrogen-bond donors (Lipinski definition) is 2. The highest BCUT2D eigenvalue weighted by Gasteiger charge is 2.12. The average Bonchev–Trinajstić information content (AvgIpc) is 3.07. The summed E-state index contributed by atoms with van der Waals surface area (Å²) in [7, 11) is 1.89. The molecule has 3 rings (SSSR count). The molecule has 1 aromatic heterocycles. The van der Waals surface area contributed by atoms with Gasteiger partial charge in [0.25, 0.3) is 6.01 Å². The Bertz CT molecular complexity index is 843. The second-order valence-corrected chi connectivity index (χ2v) is 6.03. The van der Waals surface area contributed by atoms with E-state index in [-0.39, 0.29) is 6.42 Å². The van der Waals surface area contributed by atoms with E-state index in [2.05, 4.69) is 4.98 Å². The van der Waals surface area contributed by atoms with Gasteiger partial charge in [0, 0.05) is 7.05 Å². The Morgan fingerprint density at radius 1 is 1.27 bits per heavy atom. The van der Waals surface area contributed by atoms with Crippen molar-refractivity contribution in [2.45, 2.75) is 12.5 Å². The van der Waals surface area contributed by atoms with Crippen LogP contribution in [0.2, 0.25) is 0 Å². The number of fused-ring (bicyclic) bond motifs is 1. The molecule has 7 nitrogen and oxygen atoms in total. The average molecular weight is 355 g/mol. The van der Waals surface area contributed by atoms with Crippen molar-refractivity contribution in [1.82, 2.24) is 4.98 Å². The zero-order valence-electron chi connectivity index (χ0n) is 14.5. The number of carboxylic acid groups (broad SMARTS) is 1. The van der Waals surface area contributed by atoms with Crippen LogP contribution in [-0.4, -0.2) is 42.3 Å². The SMILES string of the molecule is CN(CCOc1ccc(C[C@H](N)C(=O)O)cc1)c1nc2ccccc2o1. The van der Waals surface area contributed by atoms with Crippen molar-refractivity contribution in [1.29, 1.82) is 0 Å². The molecule has 0 spiro atoms. The third-order valence-corrected chi connectivity index (χ3v) is 4.00. The summed E-state index contributed by atoms with van der Waals surface area (Å²) in [5.74, 6) is -0.295. The molecule has 7 heteroatoms. The summed E-state index contributed by atoms with van der Waals surface area (Å²) in [6, 6.07) is 14.5. The number of likely N-dealkylation sites (N-methyl/N-ethyl adjacent to an activating group) is 1. The van der Waals surface area contributed by atoms with E-state index in [4.69, 9.17) is 20.0 Å². The van der Waals surface area contributed by atoms with Crippen molar-refractivity contribution in [2.75, 3.05) is 25.1 Å². The van der Waals surface area contributed by atoms with Crippen LogP contribution >= 0.6 is 0 Å². The third kappa shape index (κ3) is 4.31. The molecule has 1 atom stereocenters. The fourth-order valence-corrected chi connectivity index (χ4v) is 2.48. The Kier molecular flexibility index (Phi) is 5.38. The summed E-state index contributed by atoms with van der Waals surface area (Å²) < 4.78 is 11.4. The van der Waals surface area contributed by atoms with E-state index in [1.807, 2.05) is 60.5 Å². The van der Waals surface area contributed by atoms with Gasteiger partial charge in [-0.1, -0.05) is 24.3 Å². The molecule has 0 saturated carbocycles. The first-order valence-electron chi connectivity index (χ1n) is 8.30. The molecule has 0 unspecified atom stereocenters. The Morgan fingerprint density at radius 2 is 2.00 bits per heavy atom. The molecule has 26 heavy (non-hydrogen) atoms. The van der Waals surface area contributed by atoms with Gasteiger partial charge in [0.2, 0.25) is 0 Å². The predicted octanol–water partition coefficient (Wildman–Crippen LogP) is 2.30. The van der Waals surface area contributed by atoms with Crippen molar-refractivity contribution in [3.63, 3.8) is 0 Å². The number of carboxylic acids is 1. The minimum atomic E-state index is -1.01. The highest BCUT2D eigenvalue weighted by molar-refractivity contribution is 5.74. The van der Waals surface area contributed by atoms with Crippen molar-refractivity contribution in [2.24, 2.45) is 5.73 Å². The first-order valence-corrected chi connectivity index (χ1v) is 8.30. The summed E-state index contributed by atoms with van der Waals surface area (Å²) in [5, 5.41) is 8.84. The number of aliphatic carboxylic acids is 1. The maximum Gasteiger partial charge on any atom is 0.320 e. The molecule has 0 saturated heterocycles. The first-order chi connectivity index (χ1) is 12.5. The molecule has 0 aliphatic heterocycles. The summed E-state index contributed by atoms with van der Waals surface area (Å²) in [4.78, 5) is 17.1. The number of hydrogen-bond acceptors (Lipinski definition) is 6. The normalized spacial score (nSPS) is 12.1. The lowest BCUT2D eigenvalue weighted by Crippen LogP contribution is -2.32. The zero-order valence-corrected chi connectivity index (χ0v) is 14.5. The Labute approximate surface area is 151 Å². The van der Waals surface area contributed by atoms with Gasteiger partial charge in [-0.15, -0.1) is 0 Å². The topological polar surface area (TPSA) is 102 Å². The van der Waals surface area contributed by atoms with E-state index in [1.54, 1.807) is 0 Å². The molecular formula is C19H21N3O4. The molecule has 0 radical (unpaired) electrons. The van der Waals surface area contributed by atoms with Crippen molar-refractivity contribution in [3.05, 3.63) is 54.1 Å². The molecule has 0 bridgehead atoms. The highest BCUT2D eigenvalue weighted by Crippen LogP contribution is 2.20. The van der Waals surface area contributed by atoms with Gasteiger partial charge in [-0.2, -0.15) is 4.98 Å². The number of nitrogens with two attached hydrogens (primary N) is 1. The van der Waals surface area contributed by atoms with Gasteiger partial charge >= 0.3 is 5.97 Å². The first kappa shape index (κ1) is 17.8. The molecule has 3 aromatic rings. The Morgan fingerprint density at radius 3 is 2.69 bits per heavy atom. The molecular weight excluding hydrogens is 334 g/mol. The van der Waals surface area contributed by atoms with E-state index < -0.39 is 12.0 Å². The van der Waals surface area contributed by atoms with E-state index in [0.717, 1.165) is 16.7 Å². The van der Waals surface area contributed by atoms with Crippen LogP contribution in [0.1, 0.15) is 5.56 Å². The van der Waals surface area contributed by atoms with Crippen LogP contribution in [0.4, 0.5) is 6.01 Å². The number of anilines is 1. The van der Waals surface area contributed by atoms with Crippen molar-refractivity contribution in [3.8, 4) is 5.75 Å². The zero-order chi connectivity index (χ0) is 18.5. The van der Waals surface area contributed by atoms with Crippen LogP contribution in [0.5, 0.6) is 5.75 Å². The van der Waals surface area contributed by atoms with Crippen LogP contribution in [0.25, 0.3) is 11.1 Å². The quantitative estimate of drug-likeness (QED) is 0.639. The minimum absolute atomic E-state index is 0.288. The van der Waals surface area contributed by atoms with Gasteiger partial charge in [0.05, 0.1) is 6.54 Å². The minimum Gasteiger partial charge on any atom is -0.492 e. The smallest absolute Gasteiger partial charge is 0.320 e. The number of ether oxygens (including phenoxy) is 1. The van der Waals surface area contributed by atoms with E-state index >= 15 is 0 Å². The highest BCUT2D eigenvalue weighted by atomic mass is 16.5. The monoisotopic (exact) mass is 355 g/mol. The van der Waals surface area contributed by atoms with Gasteiger partial charge < -0.3 is 24.9 Å². The number of para-hydroxylation sites is 2. The molecule has 2 aromatic carbocycles. The second-order valence-electron chi connectivity index (χ2n) is 6.03. The standard InChI is InChI=1S/C19H21N3O4/c1-22(19-21-16-4-2-3-5-17(16)26-19)10-11-25-14-8-6-13(7-9-14)12-15(20)18(23)24/h2-9,15H,10-12,20H2,1H3,(H,23,24)/t15-/m0/s1. The largest absolute Gasteiger partial charge is 0.492 e. The lowest BCUT2D eigenvalue weighted by atomic mass is 10.1. The lowest BCUT2D eigenvalue weighted by Gasteiger charge is -2.15. The van der Waals surface area contributed by atoms with E-state index in [1.165, 1.54) is 0 Å². The number of nitrogens with zero attached hydrogens (tertiary/aromatic N) is 2. The van der Waals surface area contributed by atoms with Gasteiger partial charge in [-0.25, -0.2) is 0 Å². The predicted molar refractivity (Wildman–Crippen MR) is 98.5 cm³/mol. The number of rotatable bonds is 8. The van der Waals surface area contributed by atoms with Gasteiger partial charge in [0.15, 0.2) is 5.58 Å². The molecule has 1 heterocycles. The number of carbonyl (C=O) groups is 1. The number of benzene rings is 2. The molecule has 136 valence electrons. The van der Waals surface area contributed by atoms with Crippen LogP contribution in [0.3, 0.4) is 0 Å². The number of oxazole rings is 1. The summed E-state index contributed by atoms with van der Waals surface area (Å²) in [5.41, 5.74) is 7.97. The summed E-state index contributed by atoms with van der Waals surface area (Å²) in [6.45, 7) is 1.07. The van der Waals surface area contributed by atoms with Crippen LogP contribution in [0, 0.1) is 0 Å². The molecule has 0 amide bonds. The van der Waals surface area contributed by atoms with Crippen LogP contribution in [-0.2, 0) is 11.2 Å². The van der Waals surface area contributed by atoms with E-state index in [0.29, 0.717) is 24.9 Å². The molecule has 0 fully saturated rings. The number of aromatic nitrogens is 1. The molecule has 0 aliphatic rings. The fourth-order valence-electron chi connectivity index (χ4n) is 2.48. The van der Waals surface area contributed by atoms with Crippen molar-refractivity contribution < 1.29 is 19.1 Å².